The highest BCUT2D eigenvalue weighted by Crippen LogP contribution is 2.27. The van der Waals surface area contributed by atoms with Gasteiger partial charge in [-0.25, -0.2) is 4.68 Å². The Morgan fingerprint density at radius 1 is 1.15 bits per heavy atom. The third-order valence-corrected chi connectivity index (χ3v) is 7.12. The summed E-state index contributed by atoms with van der Waals surface area (Å²) in [6, 6.07) is 13.3. The molecule has 0 radical (unpaired) electrons. The van der Waals surface area contributed by atoms with Crippen molar-refractivity contribution in [2.24, 2.45) is 0 Å². The molecule has 1 N–H and O–H groups in total. The number of nitrogens with one attached hydrogen (secondary N) is 1. The Bertz CT molecular complexity index is 1110. The number of thioether (sulfide) groups is 1. The summed E-state index contributed by atoms with van der Waals surface area (Å²) in [4.78, 5) is 28.5. The van der Waals surface area contributed by atoms with Gasteiger partial charge in [0.1, 0.15) is 6.33 Å². The van der Waals surface area contributed by atoms with E-state index in [9.17, 15) is 9.59 Å². The number of rotatable bonds is 7. The van der Waals surface area contributed by atoms with Crippen molar-refractivity contribution in [3.8, 4) is 5.69 Å². The fraction of sp³-hybridized carbons (Fsp3) is 0.375. The second kappa shape index (κ2) is 10.6. The Kier molecular flexibility index (Phi) is 7.39. The predicted octanol–water partition coefficient (Wildman–Crippen LogP) is 4.11. The van der Waals surface area contributed by atoms with Gasteiger partial charge in [-0.15, -0.1) is 16.9 Å². The average molecular weight is 465 g/mol. The molecule has 0 aliphatic heterocycles. The van der Waals surface area contributed by atoms with Crippen molar-refractivity contribution in [3.05, 3.63) is 59.9 Å². The zero-order valence-electron chi connectivity index (χ0n) is 18.9. The fourth-order valence-corrected chi connectivity index (χ4v) is 5.07. The van der Waals surface area contributed by atoms with Crippen LogP contribution < -0.4 is 5.32 Å². The molecule has 2 amide bonds. The molecule has 9 heteroatoms. The van der Waals surface area contributed by atoms with E-state index in [-0.39, 0.29) is 11.8 Å². The number of nitrogens with zero attached hydrogens (tertiary/aromatic N) is 5. The maximum atomic E-state index is 13.1. The molecule has 1 heterocycles. The monoisotopic (exact) mass is 464 g/mol. The lowest BCUT2D eigenvalue weighted by molar-refractivity contribution is -0.129. The van der Waals surface area contributed by atoms with Crippen LogP contribution in [0.5, 0.6) is 0 Å². The molecule has 1 aliphatic rings. The van der Waals surface area contributed by atoms with Crippen LogP contribution in [0.25, 0.3) is 5.69 Å². The van der Waals surface area contributed by atoms with E-state index in [1.54, 1.807) is 10.7 Å². The van der Waals surface area contributed by atoms with Crippen LogP contribution in [0.1, 0.15) is 48.0 Å². The standard InChI is InChI=1S/C24H28N6O2S/c1-17-12-13-18(14-21(17)30-16-25-27-28-30)26-24(32)20-10-6-7-11-22(20)33-15-23(31)29(2)19-8-4-3-5-9-19/h6-7,10-14,16,19H,3-5,8-9,15H2,1-2H3,(H,26,32). The molecule has 3 aromatic rings. The first-order chi connectivity index (χ1) is 16.0. The van der Waals surface area contributed by atoms with Crippen molar-refractivity contribution in [1.29, 1.82) is 0 Å². The van der Waals surface area contributed by atoms with Gasteiger partial charge in [0.15, 0.2) is 0 Å². The summed E-state index contributed by atoms with van der Waals surface area (Å²) in [6.45, 7) is 1.95. The maximum Gasteiger partial charge on any atom is 0.256 e. The van der Waals surface area contributed by atoms with Crippen LogP contribution >= 0.6 is 11.8 Å². The number of benzene rings is 2. The van der Waals surface area contributed by atoms with Crippen molar-refractivity contribution in [1.82, 2.24) is 25.1 Å². The second-order valence-corrected chi connectivity index (χ2v) is 9.31. The average Bonchev–Trinajstić information content (AvgIpc) is 3.38. The minimum absolute atomic E-state index is 0.103. The summed E-state index contributed by atoms with van der Waals surface area (Å²) in [5.41, 5.74) is 2.96. The molecule has 8 nitrogen and oxygen atoms in total. The van der Waals surface area contributed by atoms with Crippen molar-refractivity contribution >= 4 is 29.3 Å². The van der Waals surface area contributed by atoms with E-state index in [1.165, 1.54) is 37.4 Å². The van der Waals surface area contributed by atoms with Crippen LogP contribution in [0.4, 0.5) is 5.69 Å². The van der Waals surface area contributed by atoms with Gasteiger partial charge in [0.2, 0.25) is 5.91 Å². The highest BCUT2D eigenvalue weighted by atomic mass is 32.2. The normalized spacial score (nSPS) is 14.1. The van der Waals surface area contributed by atoms with Crippen LogP contribution in [-0.2, 0) is 4.79 Å². The molecule has 0 bridgehead atoms. The summed E-state index contributed by atoms with van der Waals surface area (Å²) in [6.07, 6.45) is 7.30. The smallest absolute Gasteiger partial charge is 0.256 e. The number of aryl methyl sites for hydroxylation is 1. The molecule has 0 atom stereocenters. The number of tetrazole rings is 1. The first-order valence-corrected chi connectivity index (χ1v) is 12.1. The van der Waals surface area contributed by atoms with E-state index >= 15 is 0 Å². The Morgan fingerprint density at radius 2 is 1.94 bits per heavy atom. The largest absolute Gasteiger partial charge is 0.342 e. The zero-order chi connectivity index (χ0) is 23.2. The highest BCUT2D eigenvalue weighted by molar-refractivity contribution is 8.00. The number of hydrogen-bond donors (Lipinski definition) is 1. The van der Waals surface area contributed by atoms with Gasteiger partial charge in [-0.2, -0.15) is 0 Å². The van der Waals surface area contributed by atoms with Gasteiger partial charge >= 0.3 is 0 Å². The molecule has 0 unspecified atom stereocenters. The molecule has 0 spiro atoms. The van der Waals surface area contributed by atoms with Crippen molar-refractivity contribution in [3.63, 3.8) is 0 Å². The van der Waals surface area contributed by atoms with Crippen molar-refractivity contribution in [2.75, 3.05) is 18.1 Å². The van der Waals surface area contributed by atoms with E-state index < -0.39 is 0 Å². The predicted molar refractivity (Wildman–Crippen MR) is 129 cm³/mol. The van der Waals surface area contributed by atoms with Crippen LogP contribution in [0.3, 0.4) is 0 Å². The molecule has 1 saturated carbocycles. The molecule has 1 aliphatic carbocycles. The molecular formula is C24H28N6O2S. The van der Waals surface area contributed by atoms with Crippen LogP contribution in [0.2, 0.25) is 0 Å². The van der Waals surface area contributed by atoms with Gasteiger partial charge < -0.3 is 10.2 Å². The maximum absolute atomic E-state index is 13.1. The van der Waals surface area contributed by atoms with E-state index in [4.69, 9.17) is 0 Å². The summed E-state index contributed by atoms with van der Waals surface area (Å²) < 4.78 is 1.56. The summed E-state index contributed by atoms with van der Waals surface area (Å²) >= 11 is 1.41. The van der Waals surface area contributed by atoms with Crippen molar-refractivity contribution < 1.29 is 9.59 Å². The topological polar surface area (TPSA) is 93.0 Å². The molecule has 0 saturated heterocycles. The molecular weight excluding hydrogens is 436 g/mol. The Balaban J connectivity index is 1.43. The molecule has 1 aromatic heterocycles. The minimum Gasteiger partial charge on any atom is -0.342 e. The third-order valence-electron chi connectivity index (χ3n) is 6.06. The quantitative estimate of drug-likeness (QED) is 0.529. The van der Waals surface area contributed by atoms with E-state index in [1.807, 2.05) is 55.3 Å². The Morgan fingerprint density at radius 3 is 2.70 bits per heavy atom. The highest BCUT2D eigenvalue weighted by Gasteiger charge is 2.22. The lowest BCUT2D eigenvalue weighted by Crippen LogP contribution is -2.39. The van der Waals surface area contributed by atoms with E-state index in [2.05, 4.69) is 20.8 Å². The van der Waals surface area contributed by atoms with Gasteiger partial charge in [0, 0.05) is 23.7 Å². The van der Waals surface area contributed by atoms with Gasteiger partial charge in [0.25, 0.3) is 5.91 Å². The molecule has 33 heavy (non-hydrogen) atoms. The van der Waals surface area contributed by atoms with E-state index in [0.29, 0.717) is 23.0 Å². The number of hydrogen-bond acceptors (Lipinski definition) is 6. The zero-order valence-corrected chi connectivity index (χ0v) is 19.7. The van der Waals surface area contributed by atoms with Gasteiger partial charge in [0.05, 0.1) is 17.0 Å². The molecule has 172 valence electrons. The van der Waals surface area contributed by atoms with Crippen LogP contribution in [-0.4, -0.2) is 55.8 Å². The SMILES string of the molecule is Cc1ccc(NC(=O)c2ccccc2SCC(=O)N(C)C2CCCCC2)cc1-n1cnnn1. The Labute approximate surface area is 197 Å². The first kappa shape index (κ1) is 23.0. The lowest BCUT2D eigenvalue weighted by atomic mass is 9.94. The van der Waals surface area contributed by atoms with Gasteiger partial charge in [-0.05, 0) is 60.0 Å². The number of carbonyl (C=O) groups excluding carboxylic acids is 2. The number of amides is 2. The molecule has 4 rings (SSSR count). The lowest BCUT2D eigenvalue weighted by Gasteiger charge is -2.31. The number of aromatic nitrogens is 4. The van der Waals surface area contributed by atoms with Gasteiger partial charge in [-0.3, -0.25) is 9.59 Å². The second-order valence-electron chi connectivity index (χ2n) is 8.29. The number of anilines is 1. The number of carbonyl (C=O) groups is 2. The Hall–Kier alpha value is -3.20. The van der Waals surface area contributed by atoms with Gasteiger partial charge in [-0.1, -0.05) is 37.5 Å². The van der Waals surface area contributed by atoms with Crippen LogP contribution in [0, 0.1) is 6.92 Å². The summed E-state index contributed by atoms with van der Waals surface area (Å²) in [5.74, 6) is 0.190. The third kappa shape index (κ3) is 5.60. The molecule has 1 fully saturated rings. The first-order valence-electron chi connectivity index (χ1n) is 11.2. The van der Waals surface area contributed by atoms with E-state index in [0.717, 1.165) is 29.0 Å². The fourth-order valence-electron chi connectivity index (χ4n) is 4.10. The van der Waals surface area contributed by atoms with Crippen LogP contribution in [0.15, 0.2) is 53.7 Å². The summed E-state index contributed by atoms with van der Waals surface area (Å²) in [7, 11) is 1.90. The minimum atomic E-state index is -0.224. The van der Waals surface area contributed by atoms with Crippen molar-refractivity contribution in [2.45, 2.75) is 50.0 Å². The summed E-state index contributed by atoms with van der Waals surface area (Å²) in [5, 5.41) is 14.2. The molecule has 2 aromatic carbocycles.